The van der Waals surface area contributed by atoms with Crippen LogP contribution in [-0.2, 0) is 9.59 Å². The van der Waals surface area contributed by atoms with Crippen LogP contribution in [0, 0.1) is 0 Å². The van der Waals surface area contributed by atoms with Crippen LogP contribution in [0.4, 0.5) is 5.69 Å². The van der Waals surface area contributed by atoms with Crippen LogP contribution in [-0.4, -0.2) is 39.9 Å². The Morgan fingerprint density at radius 3 is 2.64 bits per heavy atom. The normalized spacial score (nSPS) is 17.9. The first-order chi connectivity index (χ1) is 10.5. The molecule has 2 amide bonds. The summed E-state index contributed by atoms with van der Waals surface area (Å²) in [6, 6.07) is 9.54. The first kappa shape index (κ1) is 17.0. The Morgan fingerprint density at radius 2 is 2.05 bits per heavy atom. The molecule has 1 unspecified atom stereocenters. The molecule has 1 aliphatic heterocycles. The fourth-order valence-electron chi connectivity index (χ4n) is 2.31. The number of thiocarbonyl (C=S) groups is 1. The van der Waals surface area contributed by atoms with Gasteiger partial charge in [0, 0.05) is 25.7 Å². The molecule has 0 N–H and O–H groups in total. The van der Waals surface area contributed by atoms with Crippen molar-refractivity contribution in [2.75, 3.05) is 18.5 Å². The van der Waals surface area contributed by atoms with E-state index in [1.54, 1.807) is 16.8 Å². The van der Waals surface area contributed by atoms with Crippen molar-refractivity contribution in [2.24, 2.45) is 0 Å². The third kappa shape index (κ3) is 3.87. The lowest BCUT2D eigenvalue weighted by Gasteiger charge is -2.19. The first-order valence-electron chi connectivity index (χ1n) is 7.38. The van der Waals surface area contributed by atoms with Crippen LogP contribution < -0.4 is 4.90 Å². The second-order valence-corrected chi connectivity index (χ2v) is 7.00. The summed E-state index contributed by atoms with van der Waals surface area (Å²) in [7, 11) is 1.77. The lowest BCUT2D eigenvalue weighted by atomic mass is 10.2. The monoisotopic (exact) mass is 336 g/mol. The van der Waals surface area contributed by atoms with Gasteiger partial charge < -0.3 is 4.90 Å². The van der Waals surface area contributed by atoms with Gasteiger partial charge in [-0.25, -0.2) is 0 Å². The maximum atomic E-state index is 12.2. The summed E-state index contributed by atoms with van der Waals surface area (Å²) in [5.41, 5.74) is 0.877. The molecule has 1 saturated heterocycles. The number of hydrogen-bond acceptors (Lipinski definition) is 4. The van der Waals surface area contributed by atoms with Gasteiger partial charge in [-0.3, -0.25) is 14.5 Å². The van der Waals surface area contributed by atoms with E-state index in [2.05, 4.69) is 0 Å². The largest absolute Gasteiger partial charge is 0.316 e. The minimum Gasteiger partial charge on any atom is -0.316 e. The molecule has 0 aliphatic carbocycles. The van der Waals surface area contributed by atoms with E-state index >= 15 is 0 Å². The van der Waals surface area contributed by atoms with Gasteiger partial charge in [0.25, 0.3) is 0 Å². The maximum absolute atomic E-state index is 12.2. The Kier molecular flexibility index (Phi) is 5.97. The van der Waals surface area contributed by atoms with Crippen LogP contribution in [0.2, 0.25) is 0 Å². The summed E-state index contributed by atoms with van der Waals surface area (Å²) in [5, 5.41) is -0.0461. The zero-order valence-electron chi connectivity index (χ0n) is 12.8. The smallest absolute Gasteiger partial charge is 0.241 e. The molecular formula is C16H20N2O2S2. The van der Waals surface area contributed by atoms with E-state index in [0.717, 1.165) is 12.1 Å². The van der Waals surface area contributed by atoms with Crippen LogP contribution in [0.25, 0.3) is 0 Å². The number of thioether (sulfide) groups is 1. The Hall–Kier alpha value is -1.40. The Labute approximate surface area is 140 Å². The molecule has 0 aromatic heterocycles. The lowest BCUT2D eigenvalue weighted by molar-refractivity contribution is -0.126. The number of para-hydroxylation sites is 1. The van der Waals surface area contributed by atoms with E-state index in [1.165, 1.54) is 11.8 Å². The summed E-state index contributed by atoms with van der Waals surface area (Å²) in [5.74, 6) is 0.129. The summed E-state index contributed by atoms with van der Waals surface area (Å²) >= 11 is 6.70. The van der Waals surface area contributed by atoms with E-state index in [-0.39, 0.29) is 17.1 Å². The van der Waals surface area contributed by atoms with Gasteiger partial charge in [-0.1, -0.05) is 49.1 Å². The van der Waals surface area contributed by atoms with Gasteiger partial charge in [-0.05, 0) is 25.0 Å². The number of anilines is 1. The second kappa shape index (κ2) is 7.74. The highest BCUT2D eigenvalue weighted by molar-refractivity contribution is 8.24. The van der Waals surface area contributed by atoms with Crippen LogP contribution in [0.5, 0.6) is 0 Å². The van der Waals surface area contributed by atoms with Gasteiger partial charge in [0.15, 0.2) is 0 Å². The summed E-state index contributed by atoms with van der Waals surface area (Å²) < 4.78 is 0.640. The topological polar surface area (TPSA) is 40.6 Å². The molecule has 22 heavy (non-hydrogen) atoms. The van der Waals surface area contributed by atoms with Crippen molar-refractivity contribution < 1.29 is 9.59 Å². The summed E-state index contributed by atoms with van der Waals surface area (Å²) in [6.45, 7) is 2.51. The highest BCUT2D eigenvalue weighted by Gasteiger charge is 2.35. The predicted octanol–water partition coefficient (Wildman–Crippen LogP) is 3.07. The first-order valence-corrected chi connectivity index (χ1v) is 8.67. The fourth-order valence-corrected chi connectivity index (χ4v) is 3.79. The van der Waals surface area contributed by atoms with E-state index in [1.807, 2.05) is 37.3 Å². The molecular weight excluding hydrogens is 316 g/mol. The Balaban J connectivity index is 1.82. The van der Waals surface area contributed by atoms with Gasteiger partial charge in [0.2, 0.25) is 11.8 Å². The standard InChI is InChI=1S/C16H20N2O2S2/c1-3-13-15(20)18(16(21)22-13)11-7-10-14(19)17(2)12-8-5-4-6-9-12/h4-6,8-9,13H,3,7,10-11H2,1-2H3. The zero-order valence-corrected chi connectivity index (χ0v) is 14.5. The molecule has 1 aliphatic rings. The number of carbonyl (C=O) groups excluding carboxylic acids is 2. The van der Waals surface area contributed by atoms with E-state index in [4.69, 9.17) is 12.2 Å². The Morgan fingerprint density at radius 1 is 1.36 bits per heavy atom. The van der Waals surface area contributed by atoms with E-state index in [9.17, 15) is 9.59 Å². The average Bonchev–Trinajstić information content (AvgIpc) is 2.82. The highest BCUT2D eigenvalue weighted by Crippen LogP contribution is 2.29. The number of nitrogens with zero attached hydrogens (tertiary/aromatic N) is 2. The van der Waals surface area contributed by atoms with Crippen molar-refractivity contribution in [1.29, 1.82) is 0 Å². The molecule has 0 radical (unpaired) electrons. The van der Waals surface area contributed by atoms with Crippen molar-refractivity contribution >= 4 is 45.8 Å². The Bertz CT molecular complexity index is 563. The molecule has 118 valence electrons. The molecule has 1 atom stereocenters. The van der Waals surface area contributed by atoms with Crippen molar-refractivity contribution in [3.8, 4) is 0 Å². The van der Waals surface area contributed by atoms with Crippen LogP contribution in [0.15, 0.2) is 30.3 Å². The molecule has 0 spiro atoms. The van der Waals surface area contributed by atoms with Crippen molar-refractivity contribution in [1.82, 2.24) is 4.90 Å². The molecule has 1 fully saturated rings. The van der Waals surface area contributed by atoms with E-state index < -0.39 is 0 Å². The number of hydrogen-bond donors (Lipinski definition) is 0. The molecule has 1 aromatic carbocycles. The minimum absolute atomic E-state index is 0.0449. The quantitative estimate of drug-likeness (QED) is 0.749. The van der Waals surface area contributed by atoms with Crippen LogP contribution in [0.3, 0.4) is 0 Å². The highest BCUT2D eigenvalue weighted by atomic mass is 32.2. The van der Waals surface area contributed by atoms with Gasteiger partial charge >= 0.3 is 0 Å². The van der Waals surface area contributed by atoms with Crippen LogP contribution in [0.1, 0.15) is 26.2 Å². The van der Waals surface area contributed by atoms with Gasteiger partial charge in [-0.2, -0.15) is 0 Å². The zero-order chi connectivity index (χ0) is 16.1. The summed E-state index contributed by atoms with van der Waals surface area (Å²) in [6.07, 6.45) is 1.81. The number of amides is 2. The molecule has 2 rings (SSSR count). The number of carbonyl (C=O) groups is 2. The predicted molar refractivity (Wildman–Crippen MR) is 95.1 cm³/mol. The third-order valence-corrected chi connectivity index (χ3v) is 5.42. The SMILES string of the molecule is CCC1SC(=S)N(CCCC(=O)N(C)c2ccccc2)C1=O. The van der Waals surface area contributed by atoms with Gasteiger partial charge in [0.1, 0.15) is 4.32 Å². The maximum Gasteiger partial charge on any atom is 0.241 e. The van der Waals surface area contributed by atoms with Gasteiger partial charge in [0.05, 0.1) is 5.25 Å². The fraction of sp³-hybridized carbons (Fsp3) is 0.438. The number of rotatable bonds is 6. The summed E-state index contributed by atoms with van der Waals surface area (Å²) in [4.78, 5) is 27.6. The van der Waals surface area contributed by atoms with Gasteiger partial charge in [-0.15, -0.1) is 0 Å². The molecule has 0 saturated carbocycles. The van der Waals surface area contributed by atoms with E-state index in [0.29, 0.717) is 23.7 Å². The van der Waals surface area contributed by atoms with Crippen LogP contribution >= 0.6 is 24.0 Å². The average molecular weight is 336 g/mol. The number of benzene rings is 1. The molecule has 1 aromatic rings. The third-order valence-electron chi connectivity index (χ3n) is 3.67. The van der Waals surface area contributed by atoms with Crippen molar-refractivity contribution in [3.05, 3.63) is 30.3 Å². The second-order valence-electron chi connectivity index (χ2n) is 5.16. The molecule has 6 heteroatoms. The lowest BCUT2D eigenvalue weighted by Crippen LogP contribution is -2.33. The molecule has 4 nitrogen and oxygen atoms in total. The van der Waals surface area contributed by atoms with Crippen molar-refractivity contribution in [3.63, 3.8) is 0 Å². The minimum atomic E-state index is -0.0461. The van der Waals surface area contributed by atoms with Crippen molar-refractivity contribution in [2.45, 2.75) is 31.4 Å². The molecule has 1 heterocycles. The molecule has 0 bridgehead atoms.